The molecule has 1 aliphatic heterocycles. The summed E-state index contributed by atoms with van der Waals surface area (Å²) in [4.78, 5) is 31.3. The number of aromatic nitrogens is 3. The topological polar surface area (TPSA) is 80.1 Å². The summed E-state index contributed by atoms with van der Waals surface area (Å²) in [5.74, 6) is 0.290. The highest BCUT2D eigenvalue weighted by molar-refractivity contribution is 6.30. The van der Waals surface area contributed by atoms with E-state index in [-0.39, 0.29) is 17.7 Å². The van der Waals surface area contributed by atoms with Crippen LogP contribution in [0, 0.1) is 12.8 Å². The van der Waals surface area contributed by atoms with Crippen LogP contribution in [0.5, 0.6) is 0 Å². The molecule has 3 heterocycles. The van der Waals surface area contributed by atoms with Crippen LogP contribution in [0.4, 0.5) is 5.82 Å². The van der Waals surface area contributed by atoms with Crippen LogP contribution in [0.1, 0.15) is 28.8 Å². The molecule has 3 aromatic rings. The molecule has 0 unspecified atom stereocenters. The average Bonchev–Trinajstić information content (AvgIpc) is 3.25. The van der Waals surface area contributed by atoms with E-state index in [1.165, 1.54) is 0 Å². The fourth-order valence-electron chi connectivity index (χ4n) is 3.49. The van der Waals surface area contributed by atoms with Crippen LogP contribution in [0.3, 0.4) is 0 Å². The van der Waals surface area contributed by atoms with E-state index >= 15 is 0 Å². The average molecular weight is 424 g/mol. The number of rotatable bonds is 4. The first-order valence-electron chi connectivity index (χ1n) is 9.83. The Balaban J connectivity index is 1.34. The predicted molar refractivity (Wildman–Crippen MR) is 115 cm³/mol. The van der Waals surface area contributed by atoms with E-state index in [0.29, 0.717) is 42.3 Å². The highest BCUT2D eigenvalue weighted by Gasteiger charge is 2.28. The quantitative estimate of drug-likeness (QED) is 0.693. The Morgan fingerprint density at radius 2 is 1.93 bits per heavy atom. The summed E-state index contributed by atoms with van der Waals surface area (Å²) in [5.41, 5.74) is 2.35. The Kier molecular flexibility index (Phi) is 5.81. The first kappa shape index (κ1) is 20.1. The maximum Gasteiger partial charge on any atom is 0.257 e. The molecule has 8 heteroatoms. The van der Waals surface area contributed by atoms with Crippen molar-refractivity contribution in [3.05, 3.63) is 71.1 Å². The molecule has 1 aromatic carbocycles. The van der Waals surface area contributed by atoms with Gasteiger partial charge in [0, 0.05) is 36.4 Å². The molecule has 7 nitrogen and oxygen atoms in total. The third-order valence-electron chi connectivity index (χ3n) is 5.22. The third-order valence-corrected chi connectivity index (χ3v) is 5.45. The summed E-state index contributed by atoms with van der Waals surface area (Å²) in [6, 6.07) is 11.0. The number of hydrogen-bond acceptors (Lipinski definition) is 4. The lowest BCUT2D eigenvalue weighted by Gasteiger charge is -2.31. The molecule has 1 saturated heterocycles. The Morgan fingerprint density at radius 3 is 2.63 bits per heavy atom. The van der Waals surface area contributed by atoms with Gasteiger partial charge >= 0.3 is 0 Å². The molecule has 154 valence electrons. The molecule has 0 spiro atoms. The highest BCUT2D eigenvalue weighted by atomic mass is 35.5. The fraction of sp³-hybridized carbons (Fsp3) is 0.273. The summed E-state index contributed by atoms with van der Waals surface area (Å²) in [5, 5.41) is 7.75. The predicted octanol–water partition coefficient (Wildman–Crippen LogP) is 3.72. The van der Waals surface area contributed by atoms with Crippen molar-refractivity contribution in [3.8, 4) is 5.69 Å². The molecule has 0 saturated carbocycles. The van der Waals surface area contributed by atoms with Gasteiger partial charge in [-0.2, -0.15) is 5.10 Å². The number of carbonyl (C=O) groups is 2. The van der Waals surface area contributed by atoms with E-state index < -0.39 is 0 Å². The minimum Gasteiger partial charge on any atom is -0.339 e. The van der Waals surface area contributed by atoms with Crippen LogP contribution in [-0.4, -0.2) is 44.6 Å². The Bertz CT molecular complexity index is 1060. The van der Waals surface area contributed by atoms with Gasteiger partial charge in [-0.05, 0) is 49.6 Å². The lowest BCUT2D eigenvalue weighted by molar-refractivity contribution is -0.121. The first-order valence-corrected chi connectivity index (χ1v) is 10.2. The summed E-state index contributed by atoms with van der Waals surface area (Å²) in [6.07, 6.45) is 6.22. The molecular formula is C22H22ClN5O2. The zero-order valence-electron chi connectivity index (χ0n) is 16.6. The van der Waals surface area contributed by atoms with Gasteiger partial charge in [-0.25, -0.2) is 9.67 Å². The number of nitrogens with zero attached hydrogens (tertiary/aromatic N) is 4. The van der Waals surface area contributed by atoms with E-state index in [1.54, 1.807) is 46.4 Å². The number of pyridine rings is 1. The summed E-state index contributed by atoms with van der Waals surface area (Å²) in [7, 11) is 0. The molecule has 0 aliphatic carbocycles. The number of benzene rings is 1. The van der Waals surface area contributed by atoms with Crippen molar-refractivity contribution in [1.82, 2.24) is 19.7 Å². The molecule has 1 fully saturated rings. The number of halogens is 1. The number of carbonyl (C=O) groups excluding carboxylic acids is 2. The van der Waals surface area contributed by atoms with Crippen LogP contribution in [-0.2, 0) is 4.79 Å². The van der Waals surface area contributed by atoms with Crippen LogP contribution in [0.15, 0.2) is 55.0 Å². The van der Waals surface area contributed by atoms with Crippen molar-refractivity contribution in [3.63, 3.8) is 0 Å². The van der Waals surface area contributed by atoms with E-state index in [2.05, 4.69) is 15.4 Å². The van der Waals surface area contributed by atoms with Gasteiger partial charge in [0.15, 0.2) is 0 Å². The summed E-state index contributed by atoms with van der Waals surface area (Å²) in [6.45, 7) is 3.01. The van der Waals surface area contributed by atoms with E-state index in [0.717, 1.165) is 11.3 Å². The monoisotopic (exact) mass is 423 g/mol. The highest BCUT2D eigenvalue weighted by Crippen LogP contribution is 2.21. The maximum absolute atomic E-state index is 12.8. The molecule has 1 aliphatic rings. The Morgan fingerprint density at radius 1 is 1.13 bits per heavy atom. The third kappa shape index (κ3) is 4.52. The van der Waals surface area contributed by atoms with Crippen molar-refractivity contribution in [2.45, 2.75) is 19.8 Å². The second-order valence-corrected chi connectivity index (χ2v) is 7.87. The van der Waals surface area contributed by atoms with E-state index in [4.69, 9.17) is 11.6 Å². The van der Waals surface area contributed by atoms with E-state index in [9.17, 15) is 9.59 Å². The lowest BCUT2D eigenvalue weighted by atomic mass is 9.95. The van der Waals surface area contributed by atoms with Crippen LogP contribution < -0.4 is 5.32 Å². The molecule has 0 bridgehead atoms. The number of hydrogen-bond donors (Lipinski definition) is 1. The van der Waals surface area contributed by atoms with Crippen molar-refractivity contribution >= 4 is 29.2 Å². The largest absolute Gasteiger partial charge is 0.339 e. The van der Waals surface area contributed by atoms with Gasteiger partial charge < -0.3 is 10.2 Å². The van der Waals surface area contributed by atoms with Crippen LogP contribution in [0.2, 0.25) is 5.02 Å². The minimum absolute atomic E-state index is 0.0489. The van der Waals surface area contributed by atoms with Crippen molar-refractivity contribution in [2.75, 3.05) is 18.4 Å². The van der Waals surface area contributed by atoms with Crippen LogP contribution in [0.25, 0.3) is 5.69 Å². The molecule has 2 amide bonds. The minimum atomic E-state index is -0.133. The smallest absolute Gasteiger partial charge is 0.257 e. The normalized spacial score (nSPS) is 14.5. The lowest BCUT2D eigenvalue weighted by Crippen LogP contribution is -2.41. The number of aryl methyl sites for hydroxylation is 1. The van der Waals surface area contributed by atoms with Crippen molar-refractivity contribution in [2.24, 2.45) is 5.92 Å². The number of nitrogens with one attached hydrogen (secondary N) is 1. The van der Waals surface area contributed by atoms with Gasteiger partial charge in [0.1, 0.15) is 5.82 Å². The van der Waals surface area contributed by atoms with Crippen molar-refractivity contribution < 1.29 is 9.59 Å². The van der Waals surface area contributed by atoms with Gasteiger partial charge in [-0.15, -0.1) is 0 Å². The number of likely N-dealkylation sites (tertiary alicyclic amines) is 1. The van der Waals surface area contributed by atoms with E-state index in [1.807, 2.05) is 25.1 Å². The van der Waals surface area contributed by atoms with Gasteiger partial charge in [0.05, 0.1) is 17.4 Å². The summed E-state index contributed by atoms with van der Waals surface area (Å²) >= 11 is 6.03. The van der Waals surface area contributed by atoms with Gasteiger partial charge in [0.2, 0.25) is 5.91 Å². The number of piperidine rings is 1. The SMILES string of the molecule is Cc1ccc(NC(=O)C2CCN(C(=O)c3cnn(-c4cccc(Cl)c4)c3)CC2)nc1. The van der Waals surface area contributed by atoms with Crippen LogP contribution >= 0.6 is 11.6 Å². The van der Waals surface area contributed by atoms with Gasteiger partial charge in [-0.1, -0.05) is 23.7 Å². The molecule has 1 N–H and O–H groups in total. The number of anilines is 1. The second kappa shape index (κ2) is 8.67. The standard InChI is InChI=1S/C22H22ClN5O2/c1-15-5-6-20(24-12-15)26-21(29)16-7-9-27(10-8-16)22(30)17-13-25-28(14-17)19-4-2-3-18(23)11-19/h2-6,11-14,16H,7-10H2,1H3,(H,24,26,29). The molecule has 0 radical (unpaired) electrons. The molecule has 30 heavy (non-hydrogen) atoms. The zero-order valence-corrected chi connectivity index (χ0v) is 17.3. The molecular weight excluding hydrogens is 402 g/mol. The number of amides is 2. The van der Waals surface area contributed by atoms with Gasteiger partial charge in [-0.3, -0.25) is 9.59 Å². The second-order valence-electron chi connectivity index (χ2n) is 7.43. The van der Waals surface area contributed by atoms with Gasteiger partial charge in [0.25, 0.3) is 5.91 Å². The molecule has 4 rings (SSSR count). The molecule has 2 aromatic heterocycles. The summed E-state index contributed by atoms with van der Waals surface area (Å²) < 4.78 is 1.63. The van der Waals surface area contributed by atoms with Crippen molar-refractivity contribution in [1.29, 1.82) is 0 Å². The maximum atomic E-state index is 12.8. The Labute approximate surface area is 179 Å². The zero-order chi connectivity index (χ0) is 21.1. The first-order chi connectivity index (χ1) is 14.5. The Hall–Kier alpha value is -3.19. The fourth-order valence-corrected chi connectivity index (χ4v) is 3.67. The molecule has 0 atom stereocenters.